The minimum atomic E-state index is 0. The standard InChI is InChI=1S/C38H39N4O.Pt/c1-23(2)28-20-32(24(3)4)37(33(21-28)25(5)6)41-22-34(39-38(41)31-16-9-11-18-36(31)43)27-13-12-14-29(19-27)42-35-17-10-8-15-30(35)26(7)40-42;/h8-18,20-25,43H,1-7H3;/q-1;. The third-order valence-electron chi connectivity index (χ3n) is 8.25. The summed E-state index contributed by atoms with van der Waals surface area (Å²) in [5, 5.41) is 17.0. The molecule has 6 heteroatoms. The molecule has 0 saturated carbocycles. The van der Waals surface area contributed by atoms with E-state index in [2.05, 4.69) is 82.6 Å². The molecule has 0 spiro atoms. The second kappa shape index (κ2) is 12.6. The van der Waals surface area contributed by atoms with Crippen LogP contribution in [-0.4, -0.2) is 24.4 Å². The Morgan fingerprint density at radius 2 is 1.43 bits per heavy atom. The summed E-state index contributed by atoms with van der Waals surface area (Å²) in [6, 6.07) is 30.1. The molecule has 5 nitrogen and oxygen atoms in total. The Morgan fingerprint density at radius 3 is 2.09 bits per heavy atom. The van der Waals surface area contributed by atoms with Crippen LogP contribution < -0.4 is 0 Å². The van der Waals surface area contributed by atoms with E-state index in [0.29, 0.717) is 29.1 Å². The summed E-state index contributed by atoms with van der Waals surface area (Å²) in [5.41, 5.74) is 10.2. The maximum atomic E-state index is 11.0. The monoisotopic (exact) mass is 762 g/mol. The number of hydrogen-bond donors (Lipinski definition) is 1. The van der Waals surface area contributed by atoms with Crippen LogP contribution in [0.2, 0.25) is 0 Å². The second-order valence-electron chi connectivity index (χ2n) is 12.3. The molecule has 2 heterocycles. The number of phenolic OH excluding ortho intramolecular Hbond substituents is 1. The molecule has 2 aromatic heterocycles. The first kappa shape index (κ1) is 31.5. The molecule has 6 aromatic rings. The Balaban J connectivity index is 0.00000384. The molecule has 0 bridgehead atoms. The van der Waals surface area contributed by atoms with E-state index in [4.69, 9.17) is 10.1 Å². The van der Waals surface area contributed by atoms with E-state index < -0.39 is 0 Å². The molecule has 0 amide bonds. The molecule has 4 aromatic carbocycles. The minimum Gasteiger partial charge on any atom is -0.507 e. The maximum absolute atomic E-state index is 11.0. The van der Waals surface area contributed by atoms with E-state index in [9.17, 15) is 5.11 Å². The van der Waals surface area contributed by atoms with Gasteiger partial charge in [-0.2, -0.15) is 5.10 Å². The SMILES string of the molecule is Cc1nn(-c2[c-]c(-c3cn(-c4c(C(C)C)cc(C(C)C)cc4C(C)C)c(-c4ccccc4O)n3)ccc2)c2ccccc12.[Pt]. The number of imidazole rings is 1. The van der Waals surface area contributed by atoms with Gasteiger partial charge in [-0.1, -0.05) is 84.0 Å². The predicted octanol–water partition coefficient (Wildman–Crippen LogP) is 9.73. The number of hydrogen-bond acceptors (Lipinski definition) is 3. The van der Waals surface area contributed by atoms with E-state index in [1.807, 2.05) is 60.1 Å². The van der Waals surface area contributed by atoms with Gasteiger partial charge in [-0.15, -0.1) is 29.8 Å². The van der Waals surface area contributed by atoms with Crippen LogP contribution >= 0.6 is 0 Å². The van der Waals surface area contributed by atoms with Crippen molar-refractivity contribution in [1.29, 1.82) is 0 Å². The Bertz CT molecular complexity index is 1920. The number of phenols is 1. The first-order valence-corrected chi connectivity index (χ1v) is 15.2. The predicted molar refractivity (Wildman–Crippen MR) is 177 cm³/mol. The van der Waals surface area contributed by atoms with Gasteiger partial charge >= 0.3 is 0 Å². The van der Waals surface area contributed by atoms with Gasteiger partial charge in [0.15, 0.2) is 0 Å². The topological polar surface area (TPSA) is 55.9 Å². The smallest absolute Gasteiger partial charge is 0.138 e. The number of fused-ring (bicyclic) bond motifs is 1. The van der Waals surface area contributed by atoms with Gasteiger partial charge in [0.05, 0.1) is 22.5 Å². The minimum absolute atomic E-state index is 0. The summed E-state index contributed by atoms with van der Waals surface area (Å²) in [7, 11) is 0. The fourth-order valence-corrected chi connectivity index (χ4v) is 5.86. The van der Waals surface area contributed by atoms with Gasteiger partial charge in [0.25, 0.3) is 0 Å². The molecule has 0 radical (unpaired) electrons. The fraction of sp³-hybridized carbons (Fsp3) is 0.263. The Hall–Kier alpha value is -3.95. The zero-order valence-electron chi connectivity index (χ0n) is 26.4. The largest absolute Gasteiger partial charge is 0.507 e. The van der Waals surface area contributed by atoms with Crippen molar-refractivity contribution in [3.63, 3.8) is 0 Å². The summed E-state index contributed by atoms with van der Waals surface area (Å²) < 4.78 is 4.14. The third-order valence-corrected chi connectivity index (χ3v) is 8.25. The second-order valence-corrected chi connectivity index (χ2v) is 12.3. The van der Waals surface area contributed by atoms with Crippen LogP contribution in [-0.2, 0) is 21.1 Å². The van der Waals surface area contributed by atoms with Crippen molar-refractivity contribution < 1.29 is 26.2 Å². The van der Waals surface area contributed by atoms with Crippen molar-refractivity contribution in [2.75, 3.05) is 0 Å². The molecule has 0 aliphatic rings. The van der Waals surface area contributed by atoms with Crippen LogP contribution in [0.5, 0.6) is 5.75 Å². The summed E-state index contributed by atoms with van der Waals surface area (Å²) in [6.07, 6.45) is 2.10. The third kappa shape index (κ3) is 5.66. The Labute approximate surface area is 274 Å². The first-order valence-electron chi connectivity index (χ1n) is 15.2. The number of rotatable bonds is 7. The summed E-state index contributed by atoms with van der Waals surface area (Å²) in [6.45, 7) is 15.5. The fourth-order valence-electron chi connectivity index (χ4n) is 5.86. The van der Waals surface area contributed by atoms with Crippen LogP contribution in [0, 0.1) is 13.0 Å². The summed E-state index contributed by atoms with van der Waals surface area (Å²) in [4.78, 5) is 5.19. The molecule has 0 aliphatic heterocycles. The molecule has 228 valence electrons. The molecule has 0 atom stereocenters. The van der Waals surface area contributed by atoms with Crippen LogP contribution in [0.4, 0.5) is 0 Å². The van der Waals surface area contributed by atoms with Crippen LogP contribution in [0.1, 0.15) is 81.7 Å². The summed E-state index contributed by atoms with van der Waals surface area (Å²) >= 11 is 0. The quantitative estimate of drug-likeness (QED) is 0.165. The van der Waals surface area contributed by atoms with E-state index in [1.165, 1.54) is 16.7 Å². The van der Waals surface area contributed by atoms with Crippen molar-refractivity contribution in [3.05, 3.63) is 114 Å². The maximum Gasteiger partial charge on any atom is 0.138 e. The zero-order valence-corrected chi connectivity index (χ0v) is 28.6. The Kier molecular flexibility index (Phi) is 8.99. The molecule has 44 heavy (non-hydrogen) atoms. The van der Waals surface area contributed by atoms with Gasteiger partial charge in [-0.3, -0.25) is 9.67 Å². The first-order chi connectivity index (χ1) is 20.6. The molecule has 6 rings (SSSR count). The van der Waals surface area contributed by atoms with Crippen molar-refractivity contribution in [2.24, 2.45) is 0 Å². The molecule has 0 fully saturated rings. The van der Waals surface area contributed by atoms with E-state index in [0.717, 1.165) is 39.2 Å². The molecule has 0 saturated heterocycles. The molecule has 1 N–H and O–H groups in total. The number of para-hydroxylation sites is 2. The van der Waals surface area contributed by atoms with E-state index >= 15 is 0 Å². The average Bonchev–Trinajstić information content (AvgIpc) is 3.58. The van der Waals surface area contributed by atoms with Crippen LogP contribution in [0.3, 0.4) is 0 Å². The molecule has 0 unspecified atom stereocenters. The zero-order chi connectivity index (χ0) is 30.4. The van der Waals surface area contributed by atoms with Crippen molar-refractivity contribution >= 4 is 10.9 Å². The normalized spacial score (nSPS) is 11.6. The van der Waals surface area contributed by atoms with Gasteiger partial charge in [0.2, 0.25) is 0 Å². The number of aromatic nitrogens is 4. The number of nitrogens with zero attached hydrogens (tertiary/aromatic N) is 4. The Morgan fingerprint density at radius 1 is 0.773 bits per heavy atom. The number of aromatic hydroxyl groups is 1. The van der Waals surface area contributed by atoms with Gasteiger partial charge in [-0.25, -0.2) is 0 Å². The average molecular weight is 763 g/mol. The van der Waals surface area contributed by atoms with E-state index in [-0.39, 0.29) is 26.8 Å². The summed E-state index contributed by atoms with van der Waals surface area (Å²) in [5.74, 6) is 1.90. The van der Waals surface area contributed by atoms with E-state index in [1.54, 1.807) is 6.07 Å². The van der Waals surface area contributed by atoms with Crippen molar-refractivity contribution in [1.82, 2.24) is 19.3 Å². The number of benzene rings is 4. The van der Waals surface area contributed by atoms with Crippen LogP contribution in [0.15, 0.2) is 85.1 Å². The van der Waals surface area contributed by atoms with Gasteiger partial charge in [-0.05, 0) is 71.5 Å². The number of aryl methyl sites for hydroxylation is 1. The van der Waals surface area contributed by atoms with Gasteiger partial charge in [0.1, 0.15) is 11.6 Å². The van der Waals surface area contributed by atoms with Gasteiger partial charge < -0.3 is 9.67 Å². The van der Waals surface area contributed by atoms with Gasteiger partial charge in [0, 0.05) is 32.1 Å². The molecule has 0 aliphatic carbocycles. The molecular weight excluding hydrogens is 724 g/mol. The van der Waals surface area contributed by atoms with Crippen molar-refractivity contribution in [2.45, 2.75) is 66.2 Å². The van der Waals surface area contributed by atoms with Crippen molar-refractivity contribution in [3.8, 4) is 39.8 Å². The molecular formula is C38H39N4OPt-. The van der Waals surface area contributed by atoms with Crippen LogP contribution in [0.25, 0.3) is 44.9 Å².